The van der Waals surface area contributed by atoms with Crippen LogP contribution in [-0.2, 0) is 0 Å². The average molecular weight is 196 g/mol. The van der Waals surface area contributed by atoms with Crippen LogP contribution in [0.5, 0.6) is 0 Å². The van der Waals surface area contributed by atoms with Crippen molar-refractivity contribution in [3.05, 3.63) is 0 Å². The third-order valence-electron chi connectivity index (χ3n) is 3.66. The Balaban J connectivity index is 1.78. The van der Waals surface area contributed by atoms with Gasteiger partial charge in [-0.05, 0) is 65.0 Å². The van der Waals surface area contributed by atoms with Gasteiger partial charge in [0.25, 0.3) is 0 Å². The van der Waals surface area contributed by atoms with Crippen LogP contribution in [0, 0.1) is 5.41 Å². The summed E-state index contributed by atoms with van der Waals surface area (Å²) in [5.74, 6) is 0. The molecular formula is C12H24N2. The van der Waals surface area contributed by atoms with Crippen molar-refractivity contribution in [1.82, 2.24) is 10.6 Å². The van der Waals surface area contributed by atoms with Crippen molar-refractivity contribution in [2.45, 2.75) is 58.0 Å². The van der Waals surface area contributed by atoms with Gasteiger partial charge < -0.3 is 10.6 Å². The van der Waals surface area contributed by atoms with E-state index in [-0.39, 0.29) is 0 Å². The van der Waals surface area contributed by atoms with Crippen LogP contribution in [0.3, 0.4) is 0 Å². The zero-order valence-electron chi connectivity index (χ0n) is 9.82. The van der Waals surface area contributed by atoms with Crippen molar-refractivity contribution in [3.8, 4) is 0 Å². The highest BCUT2D eigenvalue weighted by Gasteiger charge is 2.45. The van der Waals surface area contributed by atoms with Gasteiger partial charge >= 0.3 is 0 Å². The van der Waals surface area contributed by atoms with Crippen molar-refractivity contribution >= 4 is 0 Å². The molecule has 2 rings (SSSR count). The molecule has 2 nitrogen and oxygen atoms in total. The van der Waals surface area contributed by atoms with Gasteiger partial charge in [-0.1, -0.05) is 0 Å². The molecule has 1 saturated carbocycles. The summed E-state index contributed by atoms with van der Waals surface area (Å²) in [6, 6.07) is 0.785. The van der Waals surface area contributed by atoms with Gasteiger partial charge in [0, 0.05) is 11.6 Å². The number of hydrogen-bond acceptors (Lipinski definition) is 2. The number of nitrogens with one attached hydrogen (secondary N) is 2. The molecule has 0 unspecified atom stereocenters. The van der Waals surface area contributed by atoms with E-state index in [1.807, 2.05) is 0 Å². The molecule has 0 aromatic carbocycles. The molecule has 0 aromatic rings. The van der Waals surface area contributed by atoms with Crippen LogP contribution in [0.15, 0.2) is 0 Å². The monoisotopic (exact) mass is 196 g/mol. The van der Waals surface area contributed by atoms with Crippen molar-refractivity contribution in [1.29, 1.82) is 0 Å². The summed E-state index contributed by atoms with van der Waals surface area (Å²) in [6.45, 7) is 9.27. The SMILES string of the molecule is CC(C)(C)NC1CC2(CCNCC2)C1. The standard InChI is InChI=1S/C12H24N2/c1-11(2,3)14-10-8-12(9-10)4-6-13-7-5-12/h10,13-14H,4-9H2,1-3H3. The summed E-state index contributed by atoms with van der Waals surface area (Å²) in [4.78, 5) is 0. The van der Waals surface area contributed by atoms with Gasteiger partial charge in [0.15, 0.2) is 0 Å². The highest BCUT2D eigenvalue weighted by atomic mass is 15.0. The Morgan fingerprint density at radius 1 is 1.14 bits per heavy atom. The minimum atomic E-state index is 0.291. The van der Waals surface area contributed by atoms with Crippen LogP contribution in [0.1, 0.15) is 46.5 Å². The van der Waals surface area contributed by atoms with Crippen LogP contribution in [0.25, 0.3) is 0 Å². The van der Waals surface area contributed by atoms with Crippen molar-refractivity contribution in [2.24, 2.45) is 5.41 Å². The second-order valence-corrected chi connectivity index (χ2v) is 6.25. The molecule has 0 amide bonds. The maximum absolute atomic E-state index is 3.71. The molecule has 1 aliphatic heterocycles. The lowest BCUT2D eigenvalue weighted by atomic mass is 9.60. The van der Waals surface area contributed by atoms with Crippen LogP contribution in [0.4, 0.5) is 0 Å². The molecule has 0 atom stereocenters. The smallest absolute Gasteiger partial charge is 0.00991 e. The second-order valence-electron chi connectivity index (χ2n) is 6.25. The molecule has 1 heterocycles. The van der Waals surface area contributed by atoms with Gasteiger partial charge in [-0.25, -0.2) is 0 Å². The first-order valence-electron chi connectivity index (χ1n) is 5.98. The highest BCUT2D eigenvalue weighted by Crippen LogP contribution is 2.48. The van der Waals surface area contributed by atoms with Gasteiger partial charge in [0.2, 0.25) is 0 Å². The van der Waals surface area contributed by atoms with E-state index in [1.54, 1.807) is 0 Å². The molecular weight excluding hydrogens is 172 g/mol. The number of rotatable bonds is 1. The Kier molecular flexibility index (Phi) is 2.61. The Hall–Kier alpha value is -0.0800. The molecule has 2 fully saturated rings. The maximum Gasteiger partial charge on any atom is 0.00991 e. The lowest BCUT2D eigenvalue weighted by Gasteiger charge is -2.52. The van der Waals surface area contributed by atoms with Gasteiger partial charge in [-0.3, -0.25) is 0 Å². The normalized spacial score (nSPS) is 27.6. The Labute approximate surface area is 87.8 Å². The molecule has 1 saturated heterocycles. The second kappa shape index (κ2) is 3.49. The first kappa shape index (κ1) is 10.4. The van der Waals surface area contributed by atoms with Gasteiger partial charge in [0.05, 0.1) is 0 Å². The molecule has 2 aliphatic rings. The molecule has 0 bridgehead atoms. The van der Waals surface area contributed by atoms with Gasteiger partial charge in [-0.2, -0.15) is 0 Å². The van der Waals surface area contributed by atoms with E-state index >= 15 is 0 Å². The minimum absolute atomic E-state index is 0.291. The largest absolute Gasteiger partial charge is 0.317 e. The Morgan fingerprint density at radius 2 is 1.71 bits per heavy atom. The Morgan fingerprint density at radius 3 is 2.21 bits per heavy atom. The minimum Gasteiger partial charge on any atom is -0.317 e. The summed E-state index contributed by atoms with van der Waals surface area (Å²) in [7, 11) is 0. The predicted octanol–water partition coefficient (Wildman–Crippen LogP) is 1.91. The summed E-state index contributed by atoms with van der Waals surface area (Å²) in [5.41, 5.74) is 1.01. The quantitative estimate of drug-likeness (QED) is 0.669. The molecule has 0 aromatic heterocycles. The lowest BCUT2D eigenvalue weighted by Crippen LogP contribution is -2.57. The predicted molar refractivity (Wildman–Crippen MR) is 60.4 cm³/mol. The molecule has 1 aliphatic carbocycles. The van der Waals surface area contributed by atoms with E-state index in [0.29, 0.717) is 11.0 Å². The third kappa shape index (κ3) is 2.29. The fourth-order valence-electron chi connectivity index (χ4n) is 3.07. The summed E-state index contributed by atoms with van der Waals surface area (Å²) >= 11 is 0. The average Bonchev–Trinajstić information content (AvgIpc) is 2.00. The number of hydrogen-bond donors (Lipinski definition) is 2. The van der Waals surface area contributed by atoms with Crippen LogP contribution >= 0.6 is 0 Å². The van der Waals surface area contributed by atoms with Gasteiger partial charge in [-0.15, -0.1) is 0 Å². The molecule has 0 radical (unpaired) electrons. The van der Waals surface area contributed by atoms with Crippen molar-refractivity contribution in [3.63, 3.8) is 0 Å². The molecule has 14 heavy (non-hydrogen) atoms. The summed E-state index contributed by atoms with van der Waals surface area (Å²) < 4.78 is 0. The highest BCUT2D eigenvalue weighted by molar-refractivity contribution is 5.01. The van der Waals surface area contributed by atoms with Crippen LogP contribution in [-0.4, -0.2) is 24.7 Å². The van der Waals surface area contributed by atoms with E-state index in [4.69, 9.17) is 0 Å². The first-order valence-corrected chi connectivity index (χ1v) is 5.98. The molecule has 2 N–H and O–H groups in total. The van der Waals surface area contributed by atoms with Crippen LogP contribution < -0.4 is 10.6 Å². The molecule has 82 valence electrons. The van der Waals surface area contributed by atoms with Crippen LogP contribution in [0.2, 0.25) is 0 Å². The lowest BCUT2D eigenvalue weighted by molar-refractivity contribution is 0.0346. The molecule has 1 spiro atoms. The maximum atomic E-state index is 3.71. The van der Waals surface area contributed by atoms with E-state index in [2.05, 4.69) is 31.4 Å². The molecule has 2 heteroatoms. The number of piperidine rings is 1. The van der Waals surface area contributed by atoms with E-state index in [0.717, 1.165) is 6.04 Å². The zero-order chi connectivity index (χ0) is 10.2. The summed E-state index contributed by atoms with van der Waals surface area (Å²) in [5, 5.41) is 7.16. The Bertz CT molecular complexity index is 191. The van der Waals surface area contributed by atoms with Crippen molar-refractivity contribution < 1.29 is 0 Å². The zero-order valence-corrected chi connectivity index (χ0v) is 9.82. The van der Waals surface area contributed by atoms with E-state index in [9.17, 15) is 0 Å². The first-order chi connectivity index (χ1) is 6.49. The van der Waals surface area contributed by atoms with Crippen molar-refractivity contribution in [2.75, 3.05) is 13.1 Å². The fourth-order valence-corrected chi connectivity index (χ4v) is 3.07. The van der Waals surface area contributed by atoms with Gasteiger partial charge in [0.1, 0.15) is 0 Å². The third-order valence-corrected chi connectivity index (χ3v) is 3.66. The summed E-state index contributed by atoms with van der Waals surface area (Å²) in [6.07, 6.45) is 5.61. The fraction of sp³-hybridized carbons (Fsp3) is 1.00. The van der Waals surface area contributed by atoms with E-state index in [1.165, 1.54) is 38.8 Å². The topological polar surface area (TPSA) is 24.1 Å². The van der Waals surface area contributed by atoms with E-state index < -0.39 is 0 Å².